The summed E-state index contributed by atoms with van der Waals surface area (Å²) in [6.07, 6.45) is -3.86. The summed E-state index contributed by atoms with van der Waals surface area (Å²) in [7, 11) is 0. The number of amides is 2. The molecule has 2 aromatic heterocycles. The summed E-state index contributed by atoms with van der Waals surface area (Å²) in [5, 5.41) is 5.97. The van der Waals surface area contributed by atoms with Gasteiger partial charge in [-0.25, -0.2) is 9.97 Å². The van der Waals surface area contributed by atoms with Gasteiger partial charge in [0.05, 0.1) is 35.9 Å². The lowest BCUT2D eigenvalue weighted by Gasteiger charge is -2.29. The number of aromatic amines is 1. The van der Waals surface area contributed by atoms with Crippen molar-refractivity contribution in [3.8, 4) is 0 Å². The van der Waals surface area contributed by atoms with Crippen LogP contribution in [0.25, 0.3) is 0 Å². The van der Waals surface area contributed by atoms with Crippen LogP contribution in [0.15, 0.2) is 42.6 Å². The average molecular weight is 611 g/mol. The molecule has 0 spiro atoms. The molecule has 0 radical (unpaired) electrons. The number of ether oxygens (including phenoxy) is 1. The largest absolute Gasteiger partial charge is 0.390 e. The Hall–Kier alpha value is -3.19. The van der Waals surface area contributed by atoms with Crippen LogP contribution in [0.2, 0.25) is 10.2 Å². The molecular formula is C27H27Cl2F3N6O3. The minimum absolute atomic E-state index is 0.0837. The maximum absolute atomic E-state index is 13.8. The number of carbonyl (C=O) groups is 2. The van der Waals surface area contributed by atoms with E-state index in [1.165, 1.54) is 6.07 Å². The van der Waals surface area contributed by atoms with E-state index in [0.29, 0.717) is 18.1 Å². The number of nitrogens with one attached hydrogen (secondary N) is 3. The van der Waals surface area contributed by atoms with Crippen molar-refractivity contribution in [2.24, 2.45) is 0 Å². The van der Waals surface area contributed by atoms with Crippen LogP contribution in [-0.2, 0) is 22.6 Å². The summed E-state index contributed by atoms with van der Waals surface area (Å²) in [6.45, 7) is 2.05. The maximum atomic E-state index is 13.8. The maximum Gasteiger partial charge on any atom is 0.390 e. The molecule has 2 amide bonds. The molecule has 14 heteroatoms. The molecule has 5 rings (SSSR count). The van der Waals surface area contributed by atoms with Crippen molar-refractivity contribution in [3.63, 3.8) is 0 Å². The summed E-state index contributed by atoms with van der Waals surface area (Å²) < 4.78 is 44.0. The predicted molar refractivity (Wildman–Crippen MR) is 144 cm³/mol. The first kappa shape index (κ1) is 29.3. The molecule has 0 unspecified atom stereocenters. The van der Waals surface area contributed by atoms with Crippen LogP contribution >= 0.6 is 23.2 Å². The number of rotatable bonds is 8. The number of aromatic nitrogens is 3. The highest BCUT2D eigenvalue weighted by Gasteiger charge is 2.49. The van der Waals surface area contributed by atoms with Crippen molar-refractivity contribution in [1.82, 2.24) is 30.5 Å². The first-order chi connectivity index (χ1) is 19.4. The van der Waals surface area contributed by atoms with E-state index >= 15 is 0 Å². The molecule has 0 saturated carbocycles. The summed E-state index contributed by atoms with van der Waals surface area (Å²) in [6, 6.07) is 10.0. The Morgan fingerprint density at radius 2 is 2.00 bits per heavy atom. The predicted octanol–water partition coefficient (Wildman–Crippen LogP) is 4.89. The number of hydrogen-bond acceptors (Lipinski definition) is 6. The fraction of sp³-hybridized carbons (Fsp3) is 0.407. The second kappa shape index (κ2) is 11.6. The Morgan fingerprint density at radius 1 is 1.24 bits per heavy atom. The molecule has 1 saturated heterocycles. The molecule has 3 N–H and O–H groups in total. The van der Waals surface area contributed by atoms with E-state index in [1.807, 2.05) is 30.3 Å². The molecule has 0 bridgehead atoms. The van der Waals surface area contributed by atoms with Gasteiger partial charge in [0.25, 0.3) is 5.91 Å². The Bertz CT molecular complexity index is 1420. The highest BCUT2D eigenvalue weighted by atomic mass is 35.5. The van der Waals surface area contributed by atoms with Crippen molar-refractivity contribution in [1.29, 1.82) is 0 Å². The zero-order valence-corrected chi connectivity index (χ0v) is 23.4. The van der Waals surface area contributed by atoms with Crippen LogP contribution in [0.3, 0.4) is 0 Å². The molecule has 1 fully saturated rings. The third-order valence-electron chi connectivity index (χ3n) is 7.18. The van der Waals surface area contributed by atoms with Gasteiger partial charge in [0.1, 0.15) is 16.4 Å². The molecule has 41 heavy (non-hydrogen) atoms. The molecule has 3 aromatic rings. The molecule has 2 aliphatic heterocycles. The summed E-state index contributed by atoms with van der Waals surface area (Å²) in [5.74, 6) is -0.791. The standard InChI is InChI=1S/C27H27Cl2F3N6O3/c1-15(23-33-11-17-12-38(13-20(17)36-23)8-7-27(30,31)32)34-25(40)26(37-24(39)19-9-18(28)22(29)35-19)10-21(41-14-26)16-5-3-2-4-6-16/h2-6,9,11,15,21,35H,7-8,10,12-14H2,1H3,(H,34,40)(H,37,39)/t15-,21-,26+/m0/s1. The number of fused-ring (bicyclic) bond motifs is 1. The van der Waals surface area contributed by atoms with Gasteiger partial charge in [-0.3, -0.25) is 14.5 Å². The number of H-pyrrole nitrogens is 1. The average Bonchev–Trinajstić information content (AvgIpc) is 3.64. The van der Waals surface area contributed by atoms with E-state index < -0.39 is 42.1 Å². The molecule has 218 valence electrons. The second-order valence-corrected chi connectivity index (χ2v) is 11.1. The van der Waals surface area contributed by atoms with Crippen molar-refractivity contribution in [2.45, 2.75) is 56.7 Å². The van der Waals surface area contributed by atoms with E-state index in [-0.39, 0.29) is 42.0 Å². The topological polar surface area (TPSA) is 112 Å². The van der Waals surface area contributed by atoms with Crippen molar-refractivity contribution in [2.75, 3.05) is 13.2 Å². The summed E-state index contributed by atoms with van der Waals surface area (Å²) in [4.78, 5) is 40.2. The first-order valence-electron chi connectivity index (χ1n) is 12.9. The Morgan fingerprint density at radius 3 is 2.68 bits per heavy atom. The molecule has 4 heterocycles. The molecule has 9 nitrogen and oxygen atoms in total. The number of halogens is 5. The summed E-state index contributed by atoms with van der Waals surface area (Å²) >= 11 is 12.0. The quantitative estimate of drug-likeness (QED) is 0.335. The lowest BCUT2D eigenvalue weighted by atomic mass is 9.91. The highest BCUT2D eigenvalue weighted by molar-refractivity contribution is 6.41. The van der Waals surface area contributed by atoms with Crippen molar-refractivity contribution >= 4 is 35.0 Å². The van der Waals surface area contributed by atoms with Gasteiger partial charge in [-0.05, 0) is 18.6 Å². The number of carbonyl (C=O) groups excluding carboxylic acids is 2. The SMILES string of the molecule is C[C@H](NC(=O)[C@]1(NC(=O)c2cc(Cl)c(Cl)[nH]2)CO[C@H](c2ccccc2)C1)c1ncc2c(n1)CN(CCC(F)(F)F)C2. The van der Waals surface area contributed by atoms with E-state index in [2.05, 4.69) is 25.6 Å². The van der Waals surface area contributed by atoms with E-state index in [0.717, 1.165) is 11.1 Å². The molecular weight excluding hydrogens is 584 g/mol. The van der Waals surface area contributed by atoms with Crippen LogP contribution in [0.1, 0.15) is 65.0 Å². The van der Waals surface area contributed by atoms with Gasteiger partial charge < -0.3 is 20.4 Å². The minimum Gasteiger partial charge on any atom is -0.370 e. The van der Waals surface area contributed by atoms with Gasteiger partial charge in [-0.2, -0.15) is 13.2 Å². The second-order valence-electron chi connectivity index (χ2n) is 10.3. The normalized spacial score (nSPS) is 21.5. The minimum atomic E-state index is -4.24. The fourth-order valence-electron chi connectivity index (χ4n) is 4.96. The number of benzene rings is 1. The smallest absolute Gasteiger partial charge is 0.370 e. The van der Waals surface area contributed by atoms with Gasteiger partial charge in [-0.15, -0.1) is 0 Å². The van der Waals surface area contributed by atoms with Crippen molar-refractivity contribution < 1.29 is 27.5 Å². The van der Waals surface area contributed by atoms with E-state index in [4.69, 9.17) is 27.9 Å². The van der Waals surface area contributed by atoms with Gasteiger partial charge in [0.2, 0.25) is 5.91 Å². The zero-order chi connectivity index (χ0) is 29.4. The van der Waals surface area contributed by atoms with Crippen LogP contribution in [0, 0.1) is 0 Å². The molecule has 2 aliphatic rings. The Balaban J connectivity index is 1.32. The van der Waals surface area contributed by atoms with Gasteiger partial charge in [-0.1, -0.05) is 53.5 Å². The van der Waals surface area contributed by atoms with E-state index in [9.17, 15) is 22.8 Å². The summed E-state index contributed by atoms with van der Waals surface area (Å²) in [5.41, 5.74) is 0.862. The Kier molecular flexibility index (Phi) is 8.29. The third kappa shape index (κ3) is 6.66. The van der Waals surface area contributed by atoms with Crippen LogP contribution in [-0.4, -0.2) is 56.5 Å². The van der Waals surface area contributed by atoms with Crippen molar-refractivity contribution in [3.05, 3.63) is 81.1 Å². The van der Waals surface area contributed by atoms with Gasteiger partial charge >= 0.3 is 6.18 Å². The Labute approximate surface area is 243 Å². The lowest BCUT2D eigenvalue weighted by molar-refractivity contribution is -0.138. The monoisotopic (exact) mass is 610 g/mol. The first-order valence-corrected chi connectivity index (χ1v) is 13.7. The van der Waals surface area contributed by atoms with Crippen LogP contribution < -0.4 is 10.6 Å². The number of alkyl halides is 3. The third-order valence-corrected chi connectivity index (χ3v) is 7.87. The van der Waals surface area contributed by atoms with Gasteiger partial charge in [0.15, 0.2) is 5.82 Å². The molecule has 3 atom stereocenters. The highest BCUT2D eigenvalue weighted by Crippen LogP contribution is 2.36. The lowest BCUT2D eigenvalue weighted by Crippen LogP contribution is -2.59. The molecule has 1 aromatic carbocycles. The number of hydrogen-bond donors (Lipinski definition) is 3. The van der Waals surface area contributed by atoms with E-state index in [1.54, 1.807) is 18.0 Å². The van der Waals surface area contributed by atoms with Gasteiger partial charge in [0, 0.05) is 37.8 Å². The van der Waals surface area contributed by atoms with Crippen LogP contribution in [0.5, 0.6) is 0 Å². The molecule has 0 aliphatic carbocycles. The zero-order valence-electron chi connectivity index (χ0n) is 21.9. The fourth-order valence-corrected chi connectivity index (χ4v) is 5.27. The van der Waals surface area contributed by atoms with Crippen LogP contribution in [0.4, 0.5) is 13.2 Å². The number of nitrogens with zero attached hydrogens (tertiary/aromatic N) is 3.